The molecule has 3 aromatic rings. The number of carbonyl (C=O) groups excluding carboxylic acids is 1. The van der Waals surface area contributed by atoms with E-state index < -0.39 is 0 Å². The fourth-order valence-electron chi connectivity index (χ4n) is 6.96. The smallest absolute Gasteiger partial charge is 0.410 e. The van der Waals surface area contributed by atoms with Gasteiger partial charge < -0.3 is 9.47 Å². The number of ether oxygens (including phenoxy) is 2. The summed E-state index contributed by atoms with van der Waals surface area (Å²) in [6.45, 7) is 1.19. The van der Waals surface area contributed by atoms with Crippen molar-refractivity contribution in [2.75, 3.05) is 13.2 Å². The van der Waals surface area contributed by atoms with Crippen molar-refractivity contribution in [3.05, 3.63) is 101 Å². The van der Waals surface area contributed by atoms with E-state index in [-0.39, 0.29) is 24.1 Å². The molecule has 37 heavy (non-hydrogen) atoms. The van der Waals surface area contributed by atoms with Gasteiger partial charge in [0.1, 0.15) is 12.4 Å². The summed E-state index contributed by atoms with van der Waals surface area (Å²) >= 11 is 0. The number of hydrogen-bond acceptors (Lipinski definition) is 3. The number of rotatable bonds is 5. The van der Waals surface area contributed by atoms with Gasteiger partial charge in [0.15, 0.2) is 0 Å². The molecule has 1 saturated heterocycles. The van der Waals surface area contributed by atoms with Crippen LogP contribution < -0.4 is 4.74 Å². The minimum atomic E-state index is -0.148. The molecule has 2 atom stereocenters. The van der Waals surface area contributed by atoms with E-state index in [1.165, 1.54) is 45.4 Å². The zero-order valence-corrected chi connectivity index (χ0v) is 21.2. The van der Waals surface area contributed by atoms with Crippen molar-refractivity contribution in [2.45, 2.75) is 62.9 Å². The van der Waals surface area contributed by atoms with Gasteiger partial charge in [0, 0.05) is 18.4 Å². The molecule has 3 heterocycles. The zero-order chi connectivity index (χ0) is 24.8. The van der Waals surface area contributed by atoms with Crippen LogP contribution >= 0.6 is 0 Å². The van der Waals surface area contributed by atoms with E-state index in [4.69, 9.17) is 9.47 Å². The fraction of sp³-hybridized carbons (Fsp3) is 0.364. The number of carbonyl (C=O) groups is 1. The Bertz CT molecular complexity index is 1330. The highest BCUT2D eigenvalue weighted by Crippen LogP contribution is 2.45. The van der Waals surface area contributed by atoms with Crippen molar-refractivity contribution in [2.24, 2.45) is 0 Å². The number of fused-ring (bicyclic) bond motifs is 6. The maximum absolute atomic E-state index is 13.4. The molecular weight excluding hydrogens is 458 g/mol. The fourth-order valence-corrected chi connectivity index (χ4v) is 6.96. The molecule has 0 saturated carbocycles. The average molecular weight is 492 g/mol. The van der Waals surface area contributed by atoms with E-state index in [2.05, 4.69) is 72.8 Å². The van der Waals surface area contributed by atoms with Crippen molar-refractivity contribution in [3.63, 3.8) is 0 Å². The monoisotopic (exact) mass is 491 g/mol. The second-order valence-electron chi connectivity index (χ2n) is 10.9. The predicted molar refractivity (Wildman–Crippen MR) is 145 cm³/mol. The van der Waals surface area contributed by atoms with E-state index in [1.54, 1.807) is 0 Å². The van der Waals surface area contributed by atoms with Crippen LogP contribution in [0.15, 0.2) is 78.4 Å². The average Bonchev–Trinajstić information content (AvgIpc) is 3.52. The van der Waals surface area contributed by atoms with Gasteiger partial charge in [0.2, 0.25) is 0 Å². The summed E-state index contributed by atoms with van der Waals surface area (Å²) in [6, 6.07) is 24.1. The second kappa shape index (κ2) is 9.41. The molecule has 0 spiro atoms. The number of aryl methyl sites for hydroxylation is 1. The number of hydrogen-bond donors (Lipinski definition) is 0. The third-order valence-electron chi connectivity index (χ3n) is 8.75. The van der Waals surface area contributed by atoms with Gasteiger partial charge in [-0.05, 0) is 78.0 Å². The summed E-state index contributed by atoms with van der Waals surface area (Å²) in [6.07, 6.45) is 9.58. The molecule has 0 radical (unpaired) electrons. The van der Waals surface area contributed by atoms with Crippen LogP contribution in [0.1, 0.15) is 60.3 Å². The van der Waals surface area contributed by atoms with Crippen molar-refractivity contribution < 1.29 is 14.3 Å². The van der Waals surface area contributed by atoms with Crippen molar-refractivity contribution in [3.8, 4) is 16.9 Å². The van der Waals surface area contributed by atoms with E-state index in [0.29, 0.717) is 6.61 Å². The molecule has 1 amide bonds. The third kappa shape index (κ3) is 4.13. The maximum Gasteiger partial charge on any atom is 0.410 e. The SMILES string of the molecule is O=C(OCC1c2ccccc2-c2ccccc21)N1C2C=C(CCc3ccc4c(c3)CCO4)CC1CCC2. The first-order chi connectivity index (χ1) is 18.2. The van der Waals surface area contributed by atoms with Crippen molar-refractivity contribution in [1.82, 2.24) is 4.90 Å². The lowest BCUT2D eigenvalue weighted by molar-refractivity contribution is 0.0507. The lowest BCUT2D eigenvalue weighted by atomic mass is 9.83. The van der Waals surface area contributed by atoms with Crippen LogP contribution in [0.2, 0.25) is 0 Å². The Morgan fingerprint density at radius 3 is 2.51 bits per heavy atom. The van der Waals surface area contributed by atoms with Crippen molar-refractivity contribution >= 4 is 6.09 Å². The molecule has 1 aliphatic carbocycles. The Morgan fingerprint density at radius 2 is 1.73 bits per heavy atom. The van der Waals surface area contributed by atoms with Gasteiger partial charge in [0.05, 0.1) is 12.6 Å². The molecule has 1 fully saturated rings. The van der Waals surface area contributed by atoms with Crippen molar-refractivity contribution in [1.29, 1.82) is 0 Å². The molecule has 3 aromatic carbocycles. The van der Waals surface area contributed by atoms with Crippen LogP contribution in [0.3, 0.4) is 0 Å². The quantitative estimate of drug-likeness (QED) is 0.359. The topological polar surface area (TPSA) is 38.8 Å². The summed E-state index contributed by atoms with van der Waals surface area (Å²) in [4.78, 5) is 15.5. The first kappa shape index (κ1) is 22.7. The maximum atomic E-state index is 13.4. The normalized spacial score (nSPS) is 21.5. The number of nitrogens with zero attached hydrogens (tertiary/aromatic N) is 1. The van der Waals surface area contributed by atoms with E-state index in [9.17, 15) is 4.79 Å². The summed E-state index contributed by atoms with van der Waals surface area (Å²) in [5, 5.41) is 0. The summed E-state index contributed by atoms with van der Waals surface area (Å²) in [7, 11) is 0. The van der Waals surface area contributed by atoms with Gasteiger partial charge in [-0.1, -0.05) is 72.3 Å². The van der Waals surface area contributed by atoms with Gasteiger partial charge in [-0.2, -0.15) is 0 Å². The summed E-state index contributed by atoms with van der Waals surface area (Å²) in [5.74, 6) is 1.15. The predicted octanol–water partition coefficient (Wildman–Crippen LogP) is 7.06. The first-order valence-electron chi connectivity index (χ1n) is 13.8. The highest BCUT2D eigenvalue weighted by molar-refractivity contribution is 5.79. The molecule has 0 aromatic heterocycles. The standard InChI is InChI=1S/C33H33NO3/c35-33(37-21-31-29-10-3-1-8-27(29)28-9-2-4-11-30(28)31)34-25-6-5-7-26(34)20-23(19-25)13-12-22-14-15-32-24(18-22)16-17-36-32/h1-4,8-11,14-15,18-19,25-26,31H,5-7,12-13,16-17,20-21H2. The molecule has 2 unspecified atom stereocenters. The molecule has 2 bridgehead atoms. The Labute approximate surface area is 218 Å². The van der Waals surface area contributed by atoms with Crippen LogP contribution in [0.25, 0.3) is 11.1 Å². The highest BCUT2D eigenvalue weighted by Gasteiger charge is 2.38. The molecule has 7 rings (SSSR count). The van der Waals surface area contributed by atoms with Crippen LogP contribution in [0.4, 0.5) is 4.79 Å². The first-order valence-corrected chi connectivity index (χ1v) is 13.8. The molecule has 4 heteroatoms. The van der Waals surface area contributed by atoms with Crippen LogP contribution in [-0.2, 0) is 17.6 Å². The second-order valence-corrected chi connectivity index (χ2v) is 10.9. The van der Waals surface area contributed by atoms with Gasteiger partial charge >= 0.3 is 6.09 Å². The third-order valence-corrected chi connectivity index (χ3v) is 8.75. The Balaban J connectivity index is 1.03. The Hall–Kier alpha value is -3.53. The van der Waals surface area contributed by atoms with E-state index >= 15 is 0 Å². The van der Waals surface area contributed by atoms with Crippen LogP contribution in [0.5, 0.6) is 5.75 Å². The zero-order valence-electron chi connectivity index (χ0n) is 21.2. The summed E-state index contributed by atoms with van der Waals surface area (Å²) < 4.78 is 11.7. The largest absolute Gasteiger partial charge is 0.493 e. The molecule has 188 valence electrons. The lowest BCUT2D eigenvalue weighted by Gasteiger charge is -2.44. The summed E-state index contributed by atoms with van der Waals surface area (Å²) in [5.41, 5.74) is 9.26. The Morgan fingerprint density at radius 1 is 0.946 bits per heavy atom. The number of amides is 1. The lowest BCUT2D eigenvalue weighted by Crippen LogP contribution is -2.52. The minimum Gasteiger partial charge on any atom is -0.493 e. The van der Waals surface area contributed by atoms with Gasteiger partial charge in [-0.25, -0.2) is 4.79 Å². The molecule has 0 N–H and O–H groups in total. The van der Waals surface area contributed by atoms with Gasteiger partial charge in [-0.3, -0.25) is 4.90 Å². The van der Waals surface area contributed by atoms with Gasteiger partial charge in [-0.15, -0.1) is 0 Å². The Kier molecular flexibility index (Phi) is 5.76. The van der Waals surface area contributed by atoms with Crippen LogP contribution in [0, 0.1) is 0 Å². The molecular formula is C33H33NO3. The van der Waals surface area contributed by atoms with E-state index in [0.717, 1.165) is 50.9 Å². The van der Waals surface area contributed by atoms with E-state index in [1.807, 2.05) is 4.90 Å². The van der Waals surface area contributed by atoms with Gasteiger partial charge in [0.25, 0.3) is 0 Å². The molecule has 4 nitrogen and oxygen atoms in total. The minimum absolute atomic E-state index is 0.102. The molecule has 3 aliphatic heterocycles. The highest BCUT2D eigenvalue weighted by atomic mass is 16.6. The number of piperidine rings is 1. The number of benzene rings is 3. The molecule has 4 aliphatic rings. The van der Waals surface area contributed by atoms with Crippen LogP contribution in [-0.4, -0.2) is 36.3 Å².